The Hall–Kier alpha value is -3.66. The number of nitrogen functional groups attached to an aromatic ring is 1. The van der Waals surface area contributed by atoms with Gasteiger partial charge in [0.15, 0.2) is 0 Å². The smallest absolute Gasteiger partial charge is 0.255 e. The molecule has 0 saturated carbocycles. The fourth-order valence-electron chi connectivity index (χ4n) is 3.66. The summed E-state index contributed by atoms with van der Waals surface area (Å²) >= 11 is 0. The predicted molar refractivity (Wildman–Crippen MR) is 124 cm³/mol. The Labute approximate surface area is 176 Å². The number of fused-ring (bicyclic) bond motifs is 1. The summed E-state index contributed by atoms with van der Waals surface area (Å²) in [4.78, 5) is 17.5. The van der Waals surface area contributed by atoms with Crippen molar-refractivity contribution in [3.63, 3.8) is 0 Å². The molecule has 0 atom stereocenters. The number of amides is 1. The Bertz CT molecular complexity index is 1210. The molecule has 0 aliphatic heterocycles. The predicted octanol–water partition coefficient (Wildman–Crippen LogP) is 5.47. The summed E-state index contributed by atoms with van der Waals surface area (Å²) in [6.07, 6.45) is 1.70. The summed E-state index contributed by atoms with van der Waals surface area (Å²) in [7, 11) is 0. The van der Waals surface area contributed by atoms with Gasteiger partial charge in [-0.25, -0.2) is 0 Å². The highest BCUT2D eigenvalue weighted by atomic mass is 16.1. The van der Waals surface area contributed by atoms with Gasteiger partial charge in [-0.05, 0) is 68.1 Å². The average molecular weight is 396 g/mol. The van der Waals surface area contributed by atoms with Gasteiger partial charge in [0, 0.05) is 28.0 Å². The van der Waals surface area contributed by atoms with E-state index < -0.39 is 0 Å². The SMILES string of the molecule is Cc1ccc(CCc2ccccc2C(=O)Nc2ccc3nc(C)cc(N)c3c2)cc1. The normalized spacial score (nSPS) is 10.9. The van der Waals surface area contributed by atoms with E-state index >= 15 is 0 Å². The largest absolute Gasteiger partial charge is 0.398 e. The van der Waals surface area contributed by atoms with Crippen LogP contribution in [0.1, 0.15) is 32.7 Å². The van der Waals surface area contributed by atoms with E-state index in [4.69, 9.17) is 5.73 Å². The lowest BCUT2D eigenvalue weighted by Gasteiger charge is -2.12. The first-order valence-electron chi connectivity index (χ1n) is 10.1. The maximum atomic E-state index is 13.0. The first kappa shape index (κ1) is 19.6. The number of hydrogen-bond donors (Lipinski definition) is 2. The van der Waals surface area contributed by atoms with Gasteiger partial charge in [0.2, 0.25) is 0 Å². The third kappa shape index (κ3) is 4.33. The van der Waals surface area contributed by atoms with Crippen LogP contribution in [-0.2, 0) is 12.8 Å². The Morgan fingerprint density at radius 3 is 2.50 bits per heavy atom. The summed E-state index contributed by atoms with van der Waals surface area (Å²) in [6.45, 7) is 4.00. The van der Waals surface area contributed by atoms with Crippen molar-refractivity contribution in [2.24, 2.45) is 0 Å². The van der Waals surface area contributed by atoms with E-state index in [1.165, 1.54) is 11.1 Å². The second kappa shape index (κ2) is 8.37. The Morgan fingerprint density at radius 1 is 0.933 bits per heavy atom. The lowest BCUT2D eigenvalue weighted by Crippen LogP contribution is -2.14. The fraction of sp³-hybridized carbons (Fsp3) is 0.154. The summed E-state index contributed by atoms with van der Waals surface area (Å²) in [5.74, 6) is -0.118. The van der Waals surface area contributed by atoms with Crippen molar-refractivity contribution >= 4 is 28.2 Å². The first-order chi connectivity index (χ1) is 14.5. The van der Waals surface area contributed by atoms with Crippen molar-refractivity contribution in [1.82, 2.24) is 4.98 Å². The van der Waals surface area contributed by atoms with Crippen molar-refractivity contribution in [3.05, 3.63) is 101 Å². The molecule has 4 rings (SSSR count). The molecule has 1 amide bonds. The fourth-order valence-corrected chi connectivity index (χ4v) is 3.66. The average Bonchev–Trinajstić information content (AvgIpc) is 2.74. The van der Waals surface area contributed by atoms with Gasteiger partial charge in [-0.15, -0.1) is 0 Å². The topological polar surface area (TPSA) is 68.0 Å². The summed E-state index contributed by atoms with van der Waals surface area (Å²) in [6, 6.07) is 23.8. The molecule has 0 bridgehead atoms. The second-order valence-corrected chi connectivity index (χ2v) is 7.68. The third-order valence-corrected chi connectivity index (χ3v) is 5.29. The zero-order valence-electron chi connectivity index (χ0n) is 17.3. The highest BCUT2D eigenvalue weighted by molar-refractivity contribution is 6.06. The van der Waals surface area contributed by atoms with Crippen LogP contribution in [0.2, 0.25) is 0 Å². The number of pyridine rings is 1. The van der Waals surface area contributed by atoms with E-state index in [0.29, 0.717) is 16.9 Å². The molecular weight excluding hydrogens is 370 g/mol. The number of nitrogens with two attached hydrogens (primary N) is 1. The zero-order chi connectivity index (χ0) is 21.1. The molecule has 1 heterocycles. The van der Waals surface area contributed by atoms with Crippen LogP contribution in [0.5, 0.6) is 0 Å². The Kier molecular flexibility index (Phi) is 5.48. The van der Waals surface area contributed by atoms with Crippen LogP contribution in [-0.4, -0.2) is 10.9 Å². The third-order valence-electron chi connectivity index (χ3n) is 5.29. The minimum atomic E-state index is -0.118. The Morgan fingerprint density at radius 2 is 1.70 bits per heavy atom. The van der Waals surface area contributed by atoms with Crippen molar-refractivity contribution in [3.8, 4) is 0 Å². The van der Waals surface area contributed by atoms with Gasteiger partial charge < -0.3 is 11.1 Å². The molecule has 3 aromatic carbocycles. The molecule has 0 radical (unpaired) electrons. The molecule has 1 aromatic heterocycles. The minimum absolute atomic E-state index is 0.118. The van der Waals surface area contributed by atoms with Gasteiger partial charge in [0.1, 0.15) is 0 Å². The molecule has 4 aromatic rings. The first-order valence-corrected chi connectivity index (χ1v) is 10.1. The number of aryl methyl sites for hydroxylation is 4. The standard InChI is InChI=1S/C26H25N3O/c1-17-7-9-19(10-8-17)11-12-20-5-3-4-6-22(20)26(30)29-21-13-14-25-23(16-21)24(27)15-18(2)28-25/h3-10,13-16H,11-12H2,1-2H3,(H2,27,28)(H,29,30). The summed E-state index contributed by atoms with van der Waals surface area (Å²) in [5.41, 5.74) is 13.5. The number of carbonyl (C=O) groups excluding carboxylic acids is 1. The van der Waals surface area contributed by atoms with E-state index in [9.17, 15) is 4.79 Å². The molecule has 0 aliphatic rings. The van der Waals surface area contributed by atoms with Gasteiger partial charge >= 0.3 is 0 Å². The van der Waals surface area contributed by atoms with E-state index in [1.807, 2.05) is 55.5 Å². The zero-order valence-corrected chi connectivity index (χ0v) is 17.3. The number of carbonyl (C=O) groups is 1. The molecule has 0 spiro atoms. The lowest BCUT2D eigenvalue weighted by atomic mass is 9.99. The molecular formula is C26H25N3O. The van der Waals surface area contributed by atoms with Crippen LogP contribution in [0.4, 0.5) is 11.4 Å². The number of nitrogens with one attached hydrogen (secondary N) is 1. The van der Waals surface area contributed by atoms with Crippen molar-refractivity contribution in [2.75, 3.05) is 11.1 Å². The molecule has 0 aliphatic carbocycles. The van der Waals surface area contributed by atoms with E-state index in [1.54, 1.807) is 0 Å². The number of benzene rings is 3. The number of rotatable bonds is 5. The van der Waals surface area contributed by atoms with Crippen molar-refractivity contribution in [1.29, 1.82) is 0 Å². The second-order valence-electron chi connectivity index (χ2n) is 7.68. The van der Waals surface area contributed by atoms with E-state index in [2.05, 4.69) is 41.5 Å². The molecule has 0 saturated heterocycles. The van der Waals surface area contributed by atoms with Gasteiger partial charge in [0.05, 0.1) is 5.52 Å². The maximum absolute atomic E-state index is 13.0. The monoisotopic (exact) mass is 395 g/mol. The highest BCUT2D eigenvalue weighted by Crippen LogP contribution is 2.25. The van der Waals surface area contributed by atoms with Gasteiger partial charge in [0.25, 0.3) is 5.91 Å². The summed E-state index contributed by atoms with van der Waals surface area (Å²) < 4.78 is 0. The van der Waals surface area contributed by atoms with Gasteiger partial charge in [-0.2, -0.15) is 0 Å². The van der Waals surface area contributed by atoms with Crippen LogP contribution in [0.15, 0.2) is 72.8 Å². The van der Waals surface area contributed by atoms with Crippen molar-refractivity contribution in [2.45, 2.75) is 26.7 Å². The van der Waals surface area contributed by atoms with Gasteiger partial charge in [-0.1, -0.05) is 48.0 Å². The minimum Gasteiger partial charge on any atom is -0.398 e. The van der Waals surface area contributed by atoms with E-state index in [-0.39, 0.29) is 5.91 Å². The molecule has 150 valence electrons. The quantitative estimate of drug-likeness (QED) is 0.471. The van der Waals surface area contributed by atoms with Gasteiger partial charge in [-0.3, -0.25) is 9.78 Å². The van der Waals surface area contributed by atoms with Crippen LogP contribution < -0.4 is 11.1 Å². The molecule has 0 fully saturated rings. The molecule has 3 N–H and O–H groups in total. The van der Waals surface area contributed by atoms with E-state index in [0.717, 1.165) is 35.0 Å². The Balaban J connectivity index is 1.53. The molecule has 30 heavy (non-hydrogen) atoms. The summed E-state index contributed by atoms with van der Waals surface area (Å²) in [5, 5.41) is 3.85. The molecule has 4 nitrogen and oxygen atoms in total. The van der Waals surface area contributed by atoms with Crippen molar-refractivity contribution < 1.29 is 4.79 Å². The van der Waals surface area contributed by atoms with Crippen LogP contribution >= 0.6 is 0 Å². The van der Waals surface area contributed by atoms with Crippen LogP contribution in [0, 0.1) is 13.8 Å². The maximum Gasteiger partial charge on any atom is 0.255 e. The molecule has 4 heteroatoms. The number of anilines is 2. The highest BCUT2D eigenvalue weighted by Gasteiger charge is 2.12. The van der Waals surface area contributed by atoms with Crippen LogP contribution in [0.25, 0.3) is 10.9 Å². The molecule has 0 unspecified atom stereocenters. The lowest BCUT2D eigenvalue weighted by molar-refractivity contribution is 0.102. The number of aromatic nitrogens is 1. The van der Waals surface area contributed by atoms with Crippen LogP contribution in [0.3, 0.4) is 0 Å². The number of hydrogen-bond acceptors (Lipinski definition) is 3. The number of nitrogens with zero attached hydrogens (tertiary/aromatic N) is 1.